The van der Waals surface area contributed by atoms with Crippen molar-refractivity contribution in [2.24, 2.45) is 4.99 Å². The van der Waals surface area contributed by atoms with Gasteiger partial charge in [-0.05, 0) is 63.3 Å². The minimum absolute atomic E-state index is 0.00884. The van der Waals surface area contributed by atoms with E-state index in [0.29, 0.717) is 18.3 Å². The first kappa shape index (κ1) is 30.7. The Bertz CT molecular complexity index is 1310. The highest BCUT2D eigenvalue weighted by molar-refractivity contribution is 6.06. The normalized spacial score (nSPS) is 23.4. The van der Waals surface area contributed by atoms with Gasteiger partial charge in [-0.15, -0.1) is 0 Å². The van der Waals surface area contributed by atoms with E-state index >= 15 is 0 Å². The van der Waals surface area contributed by atoms with Crippen LogP contribution in [0.25, 0.3) is 0 Å². The summed E-state index contributed by atoms with van der Waals surface area (Å²) in [6, 6.07) is 13.7. The van der Waals surface area contributed by atoms with E-state index in [1.807, 2.05) is 49.1 Å². The molecule has 43 heavy (non-hydrogen) atoms. The van der Waals surface area contributed by atoms with Gasteiger partial charge >= 0.3 is 12.3 Å². The summed E-state index contributed by atoms with van der Waals surface area (Å²) < 4.78 is 45.3. The summed E-state index contributed by atoms with van der Waals surface area (Å²) in [5.41, 5.74) is 1.02. The van der Waals surface area contributed by atoms with Gasteiger partial charge in [0.15, 0.2) is 0 Å². The number of anilines is 1. The highest BCUT2D eigenvalue weighted by Gasteiger charge is 2.37. The lowest BCUT2D eigenvalue weighted by Gasteiger charge is -2.47. The summed E-state index contributed by atoms with van der Waals surface area (Å²) in [5.74, 6) is -0.00506. The van der Waals surface area contributed by atoms with Crippen LogP contribution in [0.4, 0.5) is 23.7 Å². The number of fused-ring (bicyclic) bond motifs is 1. The molecule has 1 unspecified atom stereocenters. The number of carbonyl (C=O) groups excluding carboxylic acids is 2. The summed E-state index contributed by atoms with van der Waals surface area (Å²) in [7, 11) is 0. The number of ether oxygens (including phenoxy) is 1. The Kier molecular flexibility index (Phi) is 9.43. The van der Waals surface area contributed by atoms with Gasteiger partial charge in [-0.3, -0.25) is 14.7 Å². The number of likely N-dealkylation sites (tertiary alicyclic amines) is 1. The smallest absolute Gasteiger partial charge is 0.416 e. The predicted octanol–water partition coefficient (Wildman–Crippen LogP) is 4.58. The number of carbonyl (C=O) groups is 2. The first-order valence-electron chi connectivity index (χ1n) is 14.9. The third-order valence-electron chi connectivity index (χ3n) is 8.39. The van der Waals surface area contributed by atoms with Gasteiger partial charge in [-0.1, -0.05) is 30.3 Å². The maximum Gasteiger partial charge on any atom is 0.416 e. The summed E-state index contributed by atoms with van der Waals surface area (Å²) in [5, 5.41) is 9.10. The zero-order valence-electron chi connectivity index (χ0n) is 24.5. The zero-order valence-corrected chi connectivity index (χ0v) is 24.5. The second kappa shape index (κ2) is 13.2. The molecule has 0 spiro atoms. The number of nitrogens with zero attached hydrogens (tertiary/aromatic N) is 3. The van der Waals surface area contributed by atoms with Gasteiger partial charge in [0, 0.05) is 43.0 Å². The largest absolute Gasteiger partial charge is 0.445 e. The van der Waals surface area contributed by atoms with E-state index in [0.717, 1.165) is 56.5 Å². The molecule has 2 aromatic carbocycles. The van der Waals surface area contributed by atoms with Crippen LogP contribution in [-0.4, -0.2) is 78.1 Å². The number of amidine groups is 1. The molecule has 1 aliphatic carbocycles. The maximum atomic E-state index is 13.2. The zero-order chi connectivity index (χ0) is 30.6. The quantitative estimate of drug-likeness (QED) is 0.411. The summed E-state index contributed by atoms with van der Waals surface area (Å²) in [4.78, 5) is 33.9. The Morgan fingerprint density at radius 3 is 2.47 bits per heavy atom. The standard InChI is InChI=1S/C31H39F3N6O3/c1-3-40(30(42)43-19-21-7-5-4-6-8-21)25-12-10-24(11-13-25)39-17-23(18-39)38-28(41)16-35-29-26-15-22(31(32,33)34)9-14-27(26)36-20(2)37-29/h4-9,14-15,20,23-25,36H,3,10-13,16-19H2,1-2H3,(H,35,37)(H,38,41). The van der Waals surface area contributed by atoms with Crippen molar-refractivity contribution >= 4 is 23.5 Å². The highest BCUT2D eigenvalue weighted by Crippen LogP contribution is 2.33. The highest BCUT2D eigenvalue weighted by atomic mass is 19.4. The molecule has 3 aliphatic rings. The fourth-order valence-corrected chi connectivity index (χ4v) is 6.13. The monoisotopic (exact) mass is 600 g/mol. The number of hydrogen-bond donors (Lipinski definition) is 3. The van der Waals surface area contributed by atoms with Crippen LogP contribution in [-0.2, 0) is 22.3 Å². The Balaban J connectivity index is 1.05. The number of halogens is 3. The molecule has 2 amide bonds. The fourth-order valence-electron chi connectivity index (χ4n) is 6.13. The SMILES string of the molecule is CCN(C(=O)OCc1ccccc1)C1CCC(N2CC(NC(=O)CN=C3NC(C)Nc4ccc(C(F)(F)F)cc43)C2)CC1. The van der Waals surface area contributed by atoms with Crippen molar-refractivity contribution in [1.82, 2.24) is 20.4 Å². The lowest BCUT2D eigenvalue weighted by molar-refractivity contribution is -0.137. The molecule has 0 radical (unpaired) electrons. The second-order valence-corrected chi connectivity index (χ2v) is 11.4. The average molecular weight is 601 g/mol. The van der Waals surface area contributed by atoms with Crippen molar-refractivity contribution in [3.8, 4) is 0 Å². The Morgan fingerprint density at radius 2 is 1.79 bits per heavy atom. The van der Waals surface area contributed by atoms with Crippen LogP contribution in [0.2, 0.25) is 0 Å². The Labute approximate surface area is 249 Å². The first-order chi connectivity index (χ1) is 20.6. The minimum Gasteiger partial charge on any atom is -0.445 e. The van der Waals surface area contributed by atoms with E-state index in [-0.39, 0.29) is 54.8 Å². The van der Waals surface area contributed by atoms with Crippen molar-refractivity contribution in [3.63, 3.8) is 0 Å². The summed E-state index contributed by atoms with van der Waals surface area (Å²) in [6.07, 6.45) is -1.24. The molecular formula is C31H39F3N6O3. The lowest BCUT2D eigenvalue weighted by Crippen LogP contribution is -2.63. The molecule has 2 fully saturated rings. The number of hydrogen-bond acceptors (Lipinski definition) is 6. The molecule has 0 bridgehead atoms. The van der Waals surface area contributed by atoms with E-state index in [2.05, 4.69) is 25.8 Å². The molecule has 0 aromatic heterocycles. The minimum atomic E-state index is -4.47. The molecule has 232 valence electrons. The van der Waals surface area contributed by atoms with Gasteiger partial charge < -0.3 is 25.6 Å². The number of nitrogens with one attached hydrogen (secondary N) is 3. The van der Waals surface area contributed by atoms with Gasteiger partial charge in [0.2, 0.25) is 5.91 Å². The van der Waals surface area contributed by atoms with Crippen molar-refractivity contribution in [1.29, 1.82) is 0 Å². The van der Waals surface area contributed by atoms with Crippen LogP contribution in [0.15, 0.2) is 53.5 Å². The van der Waals surface area contributed by atoms with E-state index < -0.39 is 11.7 Å². The molecule has 1 atom stereocenters. The number of aliphatic imine (C=N–C) groups is 1. The van der Waals surface area contributed by atoms with Gasteiger partial charge in [-0.25, -0.2) is 4.79 Å². The molecule has 9 nitrogen and oxygen atoms in total. The van der Waals surface area contributed by atoms with E-state index in [1.165, 1.54) is 6.07 Å². The van der Waals surface area contributed by atoms with E-state index in [1.54, 1.807) is 0 Å². The Hall–Kier alpha value is -3.80. The molecule has 2 heterocycles. The van der Waals surface area contributed by atoms with Crippen LogP contribution in [0.1, 0.15) is 56.2 Å². The molecule has 1 saturated carbocycles. The van der Waals surface area contributed by atoms with Crippen molar-refractivity contribution in [2.75, 3.05) is 31.5 Å². The molecule has 5 rings (SSSR count). The number of amides is 2. The van der Waals surface area contributed by atoms with E-state index in [9.17, 15) is 22.8 Å². The van der Waals surface area contributed by atoms with E-state index in [4.69, 9.17) is 4.74 Å². The first-order valence-corrected chi connectivity index (χ1v) is 14.9. The van der Waals surface area contributed by atoms with Gasteiger partial charge in [-0.2, -0.15) is 13.2 Å². The van der Waals surface area contributed by atoms with Crippen molar-refractivity contribution in [3.05, 3.63) is 65.2 Å². The van der Waals surface area contributed by atoms with Gasteiger partial charge in [0.1, 0.15) is 19.0 Å². The topological polar surface area (TPSA) is 98.3 Å². The third-order valence-corrected chi connectivity index (χ3v) is 8.39. The Morgan fingerprint density at radius 1 is 1.07 bits per heavy atom. The third kappa shape index (κ3) is 7.59. The lowest BCUT2D eigenvalue weighted by atomic mass is 9.87. The average Bonchev–Trinajstić information content (AvgIpc) is 2.97. The molecular weight excluding hydrogens is 561 g/mol. The number of benzene rings is 2. The maximum absolute atomic E-state index is 13.2. The summed E-state index contributed by atoms with van der Waals surface area (Å²) in [6.45, 7) is 5.97. The summed E-state index contributed by atoms with van der Waals surface area (Å²) >= 11 is 0. The fraction of sp³-hybridized carbons (Fsp3) is 0.516. The van der Waals surface area contributed by atoms with Crippen molar-refractivity contribution in [2.45, 2.75) is 76.6 Å². The molecule has 3 N–H and O–H groups in total. The molecule has 12 heteroatoms. The number of rotatable bonds is 8. The van der Waals surface area contributed by atoms with Crippen LogP contribution in [0.5, 0.6) is 0 Å². The predicted molar refractivity (Wildman–Crippen MR) is 158 cm³/mol. The molecule has 2 aromatic rings. The number of alkyl halides is 3. The second-order valence-electron chi connectivity index (χ2n) is 11.4. The van der Waals surface area contributed by atoms with Crippen LogP contribution in [0, 0.1) is 0 Å². The van der Waals surface area contributed by atoms with Crippen LogP contribution in [0.3, 0.4) is 0 Å². The van der Waals surface area contributed by atoms with Crippen LogP contribution < -0.4 is 16.0 Å². The molecule has 2 aliphatic heterocycles. The van der Waals surface area contributed by atoms with Gasteiger partial charge in [0.05, 0.1) is 17.8 Å². The van der Waals surface area contributed by atoms with Gasteiger partial charge in [0.25, 0.3) is 0 Å². The molecule has 1 saturated heterocycles. The van der Waals surface area contributed by atoms with Crippen molar-refractivity contribution < 1.29 is 27.5 Å². The van der Waals surface area contributed by atoms with Crippen LogP contribution >= 0.6 is 0 Å².